The molecule has 2 nitrogen and oxygen atoms in total. The molecule has 0 unspecified atom stereocenters. The molecule has 58 valence electrons. The van der Waals surface area contributed by atoms with Gasteiger partial charge in [-0.25, -0.2) is 0 Å². The Balaban J connectivity index is 2.13. The molecule has 0 aliphatic carbocycles. The van der Waals surface area contributed by atoms with Crippen molar-refractivity contribution >= 4 is 11.9 Å². The maximum absolute atomic E-state index is 5.15. The predicted octanol–water partition coefficient (Wildman–Crippen LogP) is 1.90. The van der Waals surface area contributed by atoms with Crippen molar-refractivity contribution in [2.75, 3.05) is 12.4 Å². The first-order valence-corrected chi connectivity index (χ1v) is 4.62. The number of rotatable bonds is 0. The number of hydrogen-bond donors (Lipinski definition) is 1. The van der Waals surface area contributed by atoms with Gasteiger partial charge in [0.15, 0.2) is 0 Å². The summed E-state index contributed by atoms with van der Waals surface area (Å²) in [5.74, 6) is 1.20. The summed E-state index contributed by atoms with van der Waals surface area (Å²) in [6, 6.07) is 0. The van der Waals surface area contributed by atoms with Crippen LogP contribution in [0.1, 0.15) is 19.3 Å². The monoisotopic (exact) mass is 159 g/mol. The second-order valence-electron chi connectivity index (χ2n) is 2.20. The third-order valence-electron chi connectivity index (χ3n) is 1.32. The Hall–Kier alpha value is -0.310. The average molecular weight is 159 g/mol. The summed E-state index contributed by atoms with van der Waals surface area (Å²) in [6.45, 7) is 0.864. The molecule has 0 spiro atoms. The van der Waals surface area contributed by atoms with Gasteiger partial charge < -0.3 is 9.46 Å². The average Bonchev–Trinajstić information content (AvgIpc) is 2.01. The van der Waals surface area contributed by atoms with Crippen LogP contribution in [-0.2, 0) is 4.74 Å². The maximum atomic E-state index is 5.15. The quantitative estimate of drug-likeness (QED) is 0.545. The van der Waals surface area contributed by atoms with Crippen LogP contribution in [0, 0.1) is 0 Å². The second kappa shape index (κ2) is 5.47. The zero-order valence-corrected chi connectivity index (χ0v) is 6.82. The largest absolute Gasteiger partial charge is 0.500 e. The molecule has 1 aliphatic rings. The highest BCUT2D eigenvalue weighted by Gasteiger charge is 1.91. The molecule has 10 heavy (non-hydrogen) atoms. The van der Waals surface area contributed by atoms with E-state index in [4.69, 9.17) is 4.74 Å². The zero-order valence-electron chi connectivity index (χ0n) is 6.01. The summed E-state index contributed by atoms with van der Waals surface area (Å²) < 4.78 is 8.22. The molecule has 0 bridgehead atoms. The van der Waals surface area contributed by atoms with Gasteiger partial charge in [-0.1, -0.05) is 11.9 Å². The molecule has 0 aromatic rings. The summed E-state index contributed by atoms with van der Waals surface area (Å²) in [4.78, 5) is 0. The van der Waals surface area contributed by atoms with Gasteiger partial charge in [-0.15, -0.1) is 0 Å². The Morgan fingerprint density at radius 2 is 2.30 bits per heavy atom. The maximum Gasteiger partial charge on any atom is 0.0994 e. The molecule has 1 aliphatic heterocycles. The molecule has 3 heteroatoms. The number of nitrogens with one attached hydrogen (secondary N) is 1. The molecule has 1 N–H and O–H groups in total. The summed E-state index contributed by atoms with van der Waals surface area (Å²) in [5, 5.41) is 0. The SMILES string of the molecule is C1=C\OCCCCCSN/1. The van der Waals surface area contributed by atoms with Gasteiger partial charge >= 0.3 is 0 Å². The van der Waals surface area contributed by atoms with Crippen LogP contribution < -0.4 is 4.72 Å². The van der Waals surface area contributed by atoms with Crippen molar-refractivity contribution in [1.82, 2.24) is 4.72 Å². The van der Waals surface area contributed by atoms with Crippen LogP contribution >= 0.6 is 11.9 Å². The third kappa shape index (κ3) is 3.67. The van der Waals surface area contributed by atoms with Crippen LogP contribution in [-0.4, -0.2) is 12.4 Å². The van der Waals surface area contributed by atoms with Gasteiger partial charge in [0.2, 0.25) is 0 Å². The van der Waals surface area contributed by atoms with Crippen molar-refractivity contribution in [1.29, 1.82) is 0 Å². The molecule has 0 amide bonds. The van der Waals surface area contributed by atoms with Crippen molar-refractivity contribution in [3.63, 3.8) is 0 Å². The number of ether oxygens (including phenoxy) is 1. The minimum Gasteiger partial charge on any atom is -0.500 e. The van der Waals surface area contributed by atoms with E-state index in [2.05, 4.69) is 4.72 Å². The zero-order chi connectivity index (χ0) is 7.07. The molecule has 0 fully saturated rings. The van der Waals surface area contributed by atoms with Crippen molar-refractivity contribution in [2.45, 2.75) is 19.3 Å². The van der Waals surface area contributed by atoms with Crippen LogP contribution in [0.15, 0.2) is 12.5 Å². The number of hydrogen-bond acceptors (Lipinski definition) is 3. The van der Waals surface area contributed by atoms with Crippen LogP contribution in [0.25, 0.3) is 0 Å². The van der Waals surface area contributed by atoms with E-state index in [1.54, 1.807) is 18.2 Å². The molecule has 1 rings (SSSR count). The Kier molecular flexibility index (Phi) is 4.27. The molecule has 0 saturated carbocycles. The Bertz CT molecular complexity index is 93.8. The van der Waals surface area contributed by atoms with E-state index in [1.165, 1.54) is 25.0 Å². The van der Waals surface area contributed by atoms with Crippen molar-refractivity contribution in [3.8, 4) is 0 Å². The van der Waals surface area contributed by atoms with Gasteiger partial charge in [0.05, 0.1) is 12.9 Å². The first kappa shape index (κ1) is 7.79. The summed E-state index contributed by atoms with van der Waals surface area (Å²) >= 11 is 1.73. The van der Waals surface area contributed by atoms with E-state index >= 15 is 0 Å². The Labute approximate surface area is 66.2 Å². The first-order valence-electron chi connectivity index (χ1n) is 3.64. The van der Waals surface area contributed by atoms with Gasteiger partial charge in [-0.05, 0) is 19.3 Å². The highest BCUT2D eigenvalue weighted by Crippen LogP contribution is 2.04. The summed E-state index contributed by atoms with van der Waals surface area (Å²) in [5.41, 5.74) is 0. The Morgan fingerprint density at radius 3 is 3.30 bits per heavy atom. The van der Waals surface area contributed by atoms with Crippen LogP contribution in [0.5, 0.6) is 0 Å². The lowest BCUT2D eigenvalue weighted by molar-refractivity contribution is 0.240. The molecule has 0 aromatic heterocycles. The van der Waals surface area contributed by atoms with Crippen molar-refractivity contribution < 1.29 is 4.74 Å². The van der Waals surface area contributed by atoms with Crippen LogP contribution in [0.4, 0.5) is 0 Å². The van der Waals surface area contributed by atoms with E-state index in [9.17, 15) is 0 Å². The highest BCUT2D eigenvalue weighted by atomic mass is 32.2. The molecular weight excluding hydrogens is 146 g/mol. The lowest BCUT2D eigenvalue weighted by Gasteiger charge is -2.04. The van der Waals surface area contributed by atoms with Gasteiger partial charge in [-0.2, -0.15) is 0 Å². The van der Waals surface area contributed by atoms with Gasteiger partial charge in [0, 0.05) is 12.0 Å². The fourth-order valence-corrected chi connectivity index (χ4v) is 1.41. The molecule has 1 heterocycles. The molecule has 0 saturated heterocycles. The lowest BCUT2D eigenvalue weighted by atomic mass is 10.3. The smallest absolute Gasteiger partial charge is 0.0994 e. The highest BCUT2D eigenvalue weighted by molar-refractivity contribution is 7.97. The minimum absolute atomic E-state index is 0.864. The lowest BCUT2D eigenvalue weighted by Crippen LogP contribution is -1.98. The Morgan fingerprint density at radius 1 is 1.30 bits per heavy atom. The molecule has 0 atom stereocenters. The van der Waals surface area contributed by atoms with Crippen molar-refractivity contribution in [2.24, 2.45) is 0 Å². The van der Waals surface area contributed by atoms with Crippen LogP contribution in [0.3, 0.4) is 0 Å². The molecular formula is C7H13NOS. The van der Waals surface area contributed by atoms with Crippen LogP contribution in [0.2, 0.25) is 0 Å². The normalized spacial score (nSPS) is 24.0. The van der Waals surface area contributed by atoms with Gasteiger partial charge in [0.25, 0.3) is 0 Å². The van der Waals surface area contributed by atoms with E-state index < -0.39 is 0 Å². The van der Waals surface area contributed by atoms with E-state index in [0.29, 0.717) is 0 Å². The van der Waals surface area contributed by atoms with E-state index in [-0.39, 0.29) is 0 Å². The van der Waals surface area contributed by atoms with Gasteiger partial charge in [-0.3, -0.25) is 0 Å². The summed E-state index contributed by atoms with van der Waals surface area (Å²) in [6.07, 6.45) is 7.32. The fourth-order valence-electron chi connectivity index (χ4n) is 0.787. The topological polar surface area (TPSA) is 21.3 Å². The first-order chi connectivity index (χ1) is 5.00. The predicted molar refractivity (Wildman–Crippen MR) is 44.5 cm³/mol. The van der Waals surface area contributed by atoms with E-state index in [1.807, 2.05) is 6.20 Å². The molecule has 0 aromatic carbocycles. The standard InChI is InChI=1S/C7H13NOS/c1-2-5-9-6-4-8-10-7-3-1/h4,6,8H,1-3,5,7H2/b6-4-. The minimum atomic E-state index is 0.864. The third-order valence-corrected chi connectivity index (χ3v) is 2.12. The molecule has 0 radical (unpaired) electrons. The summed E-state index contributed by atoms with van der Waals surface area (Å²) in [7, 11) is 0. The fraction of sp³-hybridized carbons (Fsp3) is 0.714. The van der Waals surface area contributed by atoms with Crippen molar-refractivity contribution in [3.05, 3.63) is 12.5 Å². The van der Waals surface area contributed by atoms with E-state index in [0.717, 1.165) is 6.61 Å². The van der Waals surface area contributed by atoms with Gasteiger partial charge in [0.1, 0.15) is 0 Å². The second-order valence-corrected chi connectivity index (χ2v) is 3.13.